The second kappa shape index (κ2) is 7.33. The van der Waals surface area contributed by atoms with Crippen LogP contribution in [0.15, 0.2) is 43.0 Å². The Hall–Kier alpha value is -1.24. The predicted molar refractivity (Wildman–Crippen MR) is 89.2 cm³/mol. The highest BCUT2D eigenvalue weighted by Gasteiger charge is 2.56. The van der Waals surface area contributed by atoms with E-state index < -0.39 is 24.3 Å². The lowest BCUT2D eigenvalue weighted by atomic mass is 10.0. The van der Waals surface area contributed by atoms with Crippen LogP contribution in [0.1, 0.15) is 32.3 Å². The molecule has 0 aromatic heterocycles. The SMILES string of the molecule is C=CCC[C@@H](O)[C@H]1O[C@@H]2OC(C)(C)O[C@@H]2[C@H]1OCc1ccccc1. The first-order chi connectivity index (χ1) is 11.5. The molecule has 24 heavy (non-hydrogen) atoms. The number of rotatable bonds is 7. The van der Waals surface area contributed by atoms with Gasteiger partial charge < -0.3 is 24.1 Å². The highest BCUT2D eigenvalue weighted by atomic mass is 16.8. The van der Waals surface area contributed by atoms with Gasteiger partial charge in [0.2, 0.25) is 0 Å². The van der Waals surface area contributed by atoms with E-state index in [9.17, 15) is 5.11 Å². The van der Waals surface area contributed by atoms with Gasteiger partial charge in [-0.1, -0.05) is 36.4 Å². The summed E-state index contributed by atoms with van der Waals surface area (Å²) >= 11 is 0. The van der Waals surface area contributed by atoms with Gasteiger partial charge in [0.05, 0.1) is 12.7 Å². The van der Waals surface area contributed by atoms with E-state index in [1.54, 1.807) is 6.08 Å². The molecule has 0 aliphatic carbocycles. The van der Waals surface area contributed by atoms with E-state index in [1.165, 1.54) is 0 Å². The van der Waals surface area contributed by atoms with Crippen LogP contribution in [-0.4, -0.2) is 41.6 Å². The highest BCUT2D eigenvalue weighted by Crippen LogP contribution is 2.40. The van der Waals surface area contributed by atoms with Gasteiger partial charge in [-0.15, -0.1) is 6.58 Å². The molecule has 5 heteroatoms. The van der Waals surface area contributed by atoms with Gasteiger partial charge in [0.25, 0.3) is 0 Å². The van der Waals surface area contributed by atoms with Crippen molar-refractivity contribution in [3.05, 3.63) is 48.6 Å². The third-order valence-electron chi connectivity index (χ3n) is 4.36. The van der Waals surface area contributed by atoms with Crippen LogP contribution in [0.25, 0.3) is 0 Å². The normalized spacial score (nSPS) is 32.5. The second-order valence-electron chi connectivity index (χ2n) is 6.76. The molecule has 3 rings (SSSR count). The third kappa shape index (κ3) is 3.87. The van der Waals surface area contributed by atoms with Crippen LogP contribution < -0.4 is 0 Å². The molecule has 1 aromatic carbocycles. The number of fused-ring (bicyclic) bond motifs is 1. The molecular formula is C19H26O5. The van der Waals surface area contributed by atoms with Crippen LogP contribution in [0.5, 0.6) is 0 Å². The molecule has 0 bridgehead atoms. The summed E-state index contributed by atoms with van der Waals surface area (Å²) < 4.78 is 23.8. The molecule has 5 nitrogen and oxygen atoms in total. The summed E-state index contributed by atoms with van der Waals surface area (Å²) in [6.45, 7) is 7.84. The molecule has 2 saturated heterocycles. The molecule has 2 aliphatic rings. The summed E-state index contributed by atoms with van der Waals surface area (Å²) in [5, 5.41) is 10.5. The van der Waals surface area contributed by atoms with Crippen molar-refractivity contribution in [2.75, 3.05) is 0 Å². The minimum absolute atomic E-state index is 0.341. The van der Waals surface area contributed by atoms with E-state index in [4.69, 9.17) is 18.9 Å². The summed E-state index contributed by atoms with van der Waals surface area (Å²) in [6.07, 6.45) is 0.726. The molecule has 0 spiro atoms. The molecule has 1 aromatic rings. The lowest BCUT2D eigenvalue weighted by Gasteiger charge is -2.28. The molecule has 2 fully saturated rings. The van der Waals surface area contributed by atoms with E-state index in [2.05, 4.69) is 6.58 Å². The summed E-state index contributed by atoms with van der Waals surface area (Å²) in [5.41, 5.74) is 1.07. The van der Waals surface area contributed by atoms with Crippen LogP contribution in [0, 0.1) is 0 Å². The average Bonchev–Trinajstić information content (AvgIpc) is 3.03. The quantitative estimate of drug-likeness (QED) is 0.777. The molecule has 132 valence electrons. The van der Waals surface area contributed by atoms with Crippen molar-refractivity contribution in [1.82, 2.24) is 0 Å². The van der Waals surface area contributed by atoms with Crippen LogP contribution in [0.2, 0.25) is 0 Å². The summed E-state index contributed by atoms with van der Waals surface area (Å²) in [4.78, 5) is 0. The average molecular weight is 334 g/mol. The zero-order valence-corrected chi connectivity index (χ0v) is 14.3. The topological polar surface area (TPSA) is 57.2 Å². The fourth-order valence-electron chi connectivity index (χ4n) is 3.22. The molecule has 1 N–H and O–H groups in total. The Labute approximate surface area is 143 Å². The van der Waals surface area contributed by atoms with Crippen LogP contribution in [0.4, 0.5) is 0 Å². The minimum Gasteiger partial charge on any atom is -0.390 e. The first kappa shape index (κ1) is 17.6. The molecule has 5 atom stereocenters. The van der Waals surface area contributed by atoms with Gasteiger partial charge in [-0.3, -0.25) is 0 Å². The van der Waals surface area contributed by atoms with Crippen LogP contribution >= 0.6 is 0 Å². The van der Waals surface area contributed by atoms with Crippen LogP contribution in [-0.2, 0) is 25.6 Å². The summed E-state index contributed by atoms with van der Waals surface area (Å²) in [6, 6.07) is 9.93. The molecule has 0 saturated carbocycles. The summed E-state index contributed by atoms with van der Waals surface area (Å²) in [7, 11) is 0. The van der Waals surface area contributed by atoms with Crippen molar-refractivity contribution in [3.8, 4) is 0 Å². The molecule has 0 amide bonds. The van der Waals surface area contributed by atoms with Gasteiger partial charge in [-0.2, -0.15) is 0 Å². The molecule has 2 aliphatic heterocycles. The monoisotopic (exact) mass is 334 g/mol. The molecule has 2 heterocycles. The maximum absolute atomic E-state index is 10.5. The Kier molecular flexibility index (Phi) is 5.37. The van der Waals surface area contributed by atoms with Crippen molar-refractivity contribution < 1.29 is 24.1 Å². The lowest BCUT2D eigenvalue weighted by molar-refractivity contribution is -0.230. The maximum atomic E-state index is 10.5. The first-order valence-corrected chi connectivity index (χ1v) is 8.46. The Bertz CT molecular complexity index is 544. The van der Waals surface area contributed by atoms with E-state index in [1.807, 2.05) is 44.2 Å². The first-order valence-electron chi connectivity index (χ1n) is 8.46. The largest absolute Gasteiger partial charge is 0.390 e. The number of aliphatic hydroxyl groups is 1. The zero-order chi connectivity index (χ0) is 17.2. The van der Waals surface area contributed by atoms with E-state index in [0.717, 1.165) is 12.0 Å². The highest BCUT2D eigenvalue weighted by molar-refractivity contribution is 5.13. The number of benzene rings is 1. The van der Waals surface area contributed by atoms with Crippen molar-refractivity contribution in [2.45, 2.75) is 69.8 Å². The number of hydrogen-bond acceptors (Lipinski definition) is 5. The zero-order valence-electron chi connectivity index (χ0n) is 14.3. The van der Waals surface area contributed by atoms with Crippen molar-refractivity contribution in [3.63, 3.8) is 0 Å². The van der Waals surface area contributed by atoms with Crippen LogP contribution in [0.3, 0.4) is 0 Å². The number of hydrogen-bond donors (Lipinski definition) is 1. The fraction of sp³-hybridized carbons (Fsp3) is 0.579. The Morgan fingerprint density at radius 3 is 2.75 bits per heavy atom. The molecular weight excluding hydrogens is 308 g/mol. The van der Waals surface area contributed by atoms with E-state index in [0.29, 0.717) is 13.0 Å². The van der Waals surface area contributed by atoms with Gasteiger partial charge in [-0.05, 0) is 32.3 Å². The second-order valence-corrected chi connectivity index (χ2v) is 6.76. The van der Waals surface area contributed by atoms with Crippen molar-refractivity contribution in [1.29, 1.82) is 0 Å². The maximum Gasteiger partial charge on any atom is 0.190 e. The third-order valence-corrected chi connectivity index (χ3v) is 4.36. The number of allylic oxidation sites excluding steroid dienone is 1. The fourth-order valence-corrected chi connectivity index (χ4v) is 3.22. The van der Waals surface area contributed by atoms with E-state index in [-0.39, 0.29) is 12.2 Å². The van der Waals surface area contributed by atoms with Gasteiger partial charge in [0.1, 0.15) is 18.3 Å². The smallest absolute Gasteiger partial charge is 0.190 e. The number of ether oxygens (including phenoxy) is 4. The van der Waals surface area contributed by atoms with Gasteiger partial charge >= 0.3 is 0 Å². The van der Waals surface area contributed by atoms with Gasteiger partial charge in [-0.25, -0.2) is 0 Å². The summed E-state index contributed by atoms with van der Waals surface area (Å²) in [5.74, 6) is -0.708. The molecule has 0 unspecified atom stereocenters. The Balaban J connectivity index is 1.70. The molecule has 0 radical (unpaired) electrons. The predicted octanol–water partition coefficient (Wildman–Crippen LogP) is 2.78. The van der Waals surface area contributed by atoms with Gasteiger partial charge in [0, 0.05) is 0 Å². The minimum atomic E-state index is -0.708. The number of aliphatic hydroxyl groups excluding tert-OH is 1. The van der Waals surface area contributed by atoms with Crippen molar-refractivity contribution in [2.24, 2.45) is 0 Å². The van der Waals surface area contributed by atoms with E-state index >= 15 is 0 Å². The Morgan fingerprint density at radius 1 is 1.29 bits per heavy atom. The standard InChI is InChI=1S/C19H26O5/c1-4-5-11-14(20)15-16(21-12-13-9-7-6-8-10-13)17-18(22-15)24-19(2,3)23-17/h4,6-10,14-18,20H,1,5,11-12H2,2-3H3/t14-,15-,16+,17-,18-/m1/s1. The lowest BCUT2D eigenvalue weighted by Crippen LogP contribution is -2.42. The Morgan fingerprint density at radius 2 is 2.04 bits per heavy atom. The van der Waals surface area contributed by atoms with Gasteiger partial charge in [0.15, 0.2) is 12.1 Å². The van der Waals surface area contributed by atoms with Crippen molar-refractivity contribution >= 4 is 0 Å².